The Kier molecular flexibility index (Phi) is 4.08. The predicted octanol–water partition coefficient (Wildman–Crippen LogP) is 2.01. The van der Waals surface area contributed by atoms with Gasteiger partial charge in [0.1, 0.15) is 0 Å². The summed E-state index contributed by atoms with van der Waals surface area (Å²) in [5, 5.41) is 20.1. The Labute approximate surface area is 107 Å². The van der Waals surface area contributed by atoms with Crippen LogP contribution in [0.4, 0.5) is 5.69 Å². The molecule has 0 bridgehead atoms. The molecule has 18 heavy (non-hydrogen) atoms. The lowest BCUT2D eigenvalue weighted by Gasteiger charge is -2.26. The van der Waals surface area contributed by atoms with E-state index in [1.165, 1.54) is 24.3 Å². The quantitative estimate of drug-likeness (QED) is 0.672. The molecule has 0 radical (unpaired) electrons. The number of hydrogen-bond acceptors (Lipinski definition) is 4. The van der Waals surface area contributed by atoms with Crippen LogP contribution in [0, 0.1) is 10.1 Å². The van der Waals surface area contributed by atoms with Crippen LogP contribution < -0.4 is 0 Å². The van der Waals surface area contributed by atoms with Gasteiger partial charge < -0.3 is 5.11 Å². The average molecular weight is 269 g/mol. The molecule has 1 aromatic carbocycles. The smallest absolute Gasteiger partial charge is 0.269 e. The number of aliphatic hydroxyl groups is 1. The summed E-state index contributed by atoms with van der Waals surface area (Å²) >= 11 is 0. The van der Waals surface area contributed by atoms with E-state index in [0.29, 0.717) is 11.3 Å². The van der Waals surface area contributed by atoms with Crippen LogP contribution in [0.3, 0.4) is 0 Å². The third kappa shape index (κ3) is 2.76. The molecule has 3 unspecified atom stereocenters. The largest absolute Gasteiger partial charge is 0.392 e. The number of non-ortho nitro benzene ring substituents is 1. The van der Waals surface area contributed by atoms with Gasteiger partial charge in [-0.2, -0.15) is 0 Å². The van der Waals surface area contributed by atoms with Crippen molar-refractivity contribution >= 4 is 16.5 Å². The van der Waals surface area contributed by atoms with Gasteiger partial charge in [0.2, 0.25) is 0 Å². The van der Waals surface area contributed by atoms with Gasteiger partial charge in [0.25, 0.3) is 5.69 Å². The first-order valence-corrected chi connectivity index (χ1v) is 7.14. The Bertz CT molecular complexity index is 460. The van der Waals surface area contributed by atoms with Crippen LogP contribution in [0.15, 0.2) is 29.2 Å². The maximum atomic E-state index is 12.3. The zero-order valence-electron chi connectivity index (χ0n) is 9.82. The van der Waals surface area contributed by atoms with Crippen LogP contribution in [0.1, 0.15) is 25.7 Å². The molecule has 98 valence electrons. The zero-order valence-corrected chi connectivity index (χ0v) is 10.6. The summed E-state index contributed by atoms with van der Waals surface area (Å²) < 4.78 is 12.3. The molecule has 5 nitrogen and oxygen atoms in total. The van der Waals surface area contributed by atoms with Gasteiger partial charge in [-0.3, -0.25) is 14.3 Å². The lowest BCUT2D eigenvalue weighted by molar-refractivity contribution is -0.384. The van der Waals surface area contributed by atoms with E-state index in [9.17, 15) is 19.4 Å². The van der Waals surface area contributed by atoms with Crippen LogP contribution in [-0.2, 0) is 10.8 Å². The fraction of sp³-hybridized carbons (Fsp3) is 0.500. The summed E-state index contributed by atoms with van der Waals surface area (Å²) in [7, 11) is -1.29. The highest BCUT2D eigenvalue weighted by atomic mass is 32.2. The van der Waals surface area contributed by atoms with E-state index in [2.05, 4.69) is 0 Å². The molecule has 3 atom stereocenters. The number of aliphatic hydroxyl groups excluding tert-OH is 1. The van der Waals surface area contributed by atoms with Crippen molar-refractivity contribution in [2.24, 2.45) is 0 Å². The van der Waals surface area contributed by atoms with Crippen molar-refractivity contribution in [3.8, 4) is 0 Å². The molecule has 0 aliphatic heterocycles. The number of rotatable bonds is 3. The van der Waals surface area contributed by atoms with Crippen LogP contribution in [0.2, 0.25) is 0 Å². The molecule has 1 aromatic rings. The fourth-order valence-electron chi connectivity index (χ4n) is 2.20. The molecule has 0 amide bonds. The van der Waals surface area contributed by atoms with Crippen molar-refractivity contribution in [1.82, 2.24) is 0 Å². The second-order valence-corrected chi connectivity index (χ2v) is 6.11. The summed E-state index contributed by atoms with van der Waals surface area (Å²) in [6.45, 7) is 0. The molecule has 6 heteroatoms. The first-order valence-electron chi connectivity index (χ1n) is 5.92. The molecule has 2 rings (SSSR count). The van der Waals surface area contributed by atoms with Gasteiger partial charge in [-0.1, -0.05) is 12.8 Å². The molecule has 1 aliphatic rings. The molecule has 1 fully saturated rings. The molecule has 1 saturated carbocycles. The summed E-state index contributed by atoms with van der Waals surface area (Å²) in [5.41, 5.74) is -0.0139. The van der Waals surface area contributed by atoms with E-state index in [1.807, 2.05) is 0 Å². The lowest BCUT2D eigenvalue weighted by atomic mass is 9.97. The normalized spacial score (nSPS) is 25.6. The summed E-state index contributed by atoms with van der Waals surface area (Å²) in [5.74, 6) is 0. The van der Waals surface area contributed by atoms with E-state index < -0.39 is 21.8 Å². The second kappa shape index (κ2) is 5.58. The highest BCUT2D eigenvalue weighted by molar-refractivity contribution is 7.85. The molecular weight excluding hydrogens is 254 g/mol. The van der Waals surface area contributed by atoms with Gasteiger partial charge in [-0.15, -0.1) is 0 Å². The fourth-order valence-corrected chi connectivity index (χ4v) is 3.76. The van der Waals surface area contributed by atoms with Crippen molar-refractivity contribution in [2.75, 3.05) is 0 Å². The molecule has 0 aromatic heterocycles. The number of nitro benzene ring substituents is 1. The highest BCUT2D eigenvalue weighted by Gasteiger charge is 2.29. The lowest BCUT2D eigenvalue weighted by Crippen LogP contribution is -2.33. The minimum Gasteiger partial charge on any atom is -0.392 e. The molecule has 0 saturated heterocycles. The van der Waals surface area contributed by atoms with Crippen LogP contribution >= 0.6 is 0 Å². The Balaban J connectivity index is 2.15. The van der Waals surface area contributed by atoms with E-state index in [0.717, 1.165) is 19.3 Å². The Morgan fingerprint density at radius 1 is 1.22 bits per heavy atom. The van der Waals surface area contributed by atoms with Crippen LogP contribution in [-0.4, -0.2) is 25.6 Å². The van der Waals surface area contributed by atoms with E-state index in [-0.39, 0.29) is 10.9 Å². The number of hydrogen-bond donors (Lipinski definition) is 1. The molecule has 1 aliphatic carbocycles. The average Bonchev–Trinajstić information content (AvgIpc) is 2.38. The van der Waals surface area contributed by atoms with Gasteiger partial charge in [0.15, 0.2) is 0 Å². The Hall–Kier alpha value is -1.27. The first-order chi connectivity index (χ1) is 8.59. The standard InChI is InChI=1S/C12H15NO4S/c14-11-3-1-2-4-12(11)18(17)10-7-5-9(6-8-10)13(15)16/h5-8,11-12,14H,1-4H2. The van der Waals surface area contributed by atoms with Gasteiger partial charge in [0.05, 0.1) is 27.1 Å². The van der Waals surface area contributed by atoms with Crippen molar-refractivity contribution in [3.63, 3.8) is 0 Å². The van der Waals surface area contributed by atoms with Gasteiger partial charge in [-0.25, -0.2) is 0 Å². The van der Waals surface area contributed by atoms with Crippen LogP contribution in [0.25, 0.3) is 0 Å². The number of nitro groups is 1. The maximum Gasteiger partial charge on any atom is 0.269 e. The number of nitrogens with zero attached hydrogens (tertiary/aromatic N) is 1. The maximum absolute atomic E-state index is 12.3. The molecule has 0 heterocycles. The minimum atomic E-state index is -1.29. The summed E-state index contributed by atoms with van der Waals surface area (Å²) in [6.07, 6.45) is 2.83. The van der Waals surface area contributed by atoms with Gasteiger partial charge in [-0.05, 0) is 25.0 Å². The van der Waals surface area contributed by atoms with E-state index in [1.54, 1.807) is 0 Å². The predicted molar refractivity (Wildman–Crippen MR) is 67.8 cm³/mol. The highest BCUT2D eigenvalue weighted by Crippen LogP contribution is 2.27. The Morgan fingerprint density at radius 2 is 1.83 bits per heavy atom. The second-order valence-electron chi connectivity index (χ2n) is 4.44. The zero-order chi connectivity index (χ0) is 13.1. The first kappa shape index (κ1) is 13.2. The van der Waals surface area contributed by atoms with Gasteiger partial charge >= 0.3 is 0 Å². The van der Waals surface area contributed by atoms with Gasteiger partial charge in [0, 0.05) is 17.0 Å². The summed E-state index contributed by atoms with van der Waals surface area (Å²) in [4.78, 5) is 10.6. The Morgan fingerprint density at radius 3 is 2.39 bits per heavy atom. The van der Waals surface area contributed by atoms with E-state index in [4.69, 9.17) is 0 Å². The third-order valence-electron chi connectivity index (χ3n) is 3.22. The SMILES string of the molecule is O=[N+]([O-])c1ccc(S(=O)C2CCCCC2O)cc1. The summed E-state index contributed by atoms with van der Waals surface area (Å²) in [6, 6.07) is 5.72. The third-order valence-corrected chi connectivity index (χ3v) is 5.06. The molecular formula is C12H15NO4S. The molecule has 0 spiro atoms. The number of benzene rings is 1. The monoisotopic (exact) mass is 269 g/mol. The molecule has 1 N–H and O–H groups in total. The van der Waals surface area contributed by atoms with Crippen molar-refractivity contribution in [1.29, 1.82) is 0 Å². The topological polar surface area (TPSA) is 80.4 Å². The van der Waals surface area contributed by atoms with Crippen molar-refractivity contribution < 1.29 is 14.2 Å². The van der Waals surface area contributed by atoms with E-state index >= 15 is 0 Å². The minimum absolute atomic E-state index is 0.0139. The van der Waals surface area contributed by atoms with Crippen molar-refractivity contribution in [2.45, 2.75) is 41.9 Å². The van der Waals surface area contributed by atoms with Crippen LogP contribution in [0.5, 0.6) is 0 Å². The van der Waals surface area contributed by atoms with Crippen molar-refractivity contribution in [3.05, 3.63) is 34.4 Å².